The van der Waals surface area contributed by atoms with Crippen LogP contribution in [0.25, 0.3) is 21.8 Å². The summed E-state index contributed by atoms with van der Waals surface area (Å²) in [5, 5.41) is 9.61. The van der Waals surface area contributed by atoms with Crippen LogP contribution in [0.2, 0.25) is 0 Å². The summed E-state index contributed by atoms with van der Waals surface area (Å²) in [4.78, 5) is 27.5. The minimum absolute atomic E-state index is 0.0938. The number of fused-ring (bicyclic) bond motifs is 3. The number of anilines is 2. The molecule has 0 aliphatic carbocycles. The Labute approximate surface area is 195 Å². The SMILES string of the molecule is Cn1cc(N(Cc2ccc(C(F)(F)F)cn2)C(=O)c2cc3c(cn2)nc(N)c2cnn(C)c23)cn1. The number of carbonyl (C=O) groups is 1. The van der Waals surface area contributed by atoms with Gasteiger partial charge >= 0.3 is 6.18 Å². The zero-order valence-electron chi connectivity index (χ0n) is 18.5. The maximum Gasteiger partial charge on any atom is 0.417 e. The minimum Gasteiger partial charge on any atom is -0.383 e. The van der Waals surface area contributed by atoms with E-state index in [1.165, 1.54) is 28.0 Å². The van der Waals surface area contributed by atoms with E-state index >= 15 is 0 Å². The predicted molar refractivity (Wildman–Crippen MR) is 121 cm³/mol. The predicted octanol–water partition coefficient (Wildman–Crippen LogP) is 3.09. The van der Waals surface area contributed by atoms with E-state index in [9.17, 15) is 18.0 Å². The molecule has 13 heteroatoms. The number of nitrogens with two attached hydrogens (primary N) is 1. The minimum atomic E-state index is -4.51. The maximum atomic E-state index is 13.6. The van der Waals surface area contributed by atoms with Gasteiger partial charge in [0.1, 0.15) is 11.5 Å². The third-order valence-electron chi connectivity index (χ3n) is 5.53. The van der Waals surface area contributed by atoms with Gasteiger partial charge in [-0.05, 0) is 18.2 Å². The lowest BCUT2D eigenvalue weighted by Crippen LogP contribution is -2.31. The van der Waals surface area contributed by atoms with Crippen molar-refractivity contribution in [3.05, 3.63) is 66.1 Å². The fourth-order valence-electron chi connectivity index (χ4n) is 3.79. The monoisotopic (exact) mass is 481 g/mol. The highest BCUT2D eigenvalue weighted by Crippen LogP contribution is 2.30. The molecule has 0 aromatic carbocycles. The number of aryl methyl sites for hydroxylation is 2. The van der Waals surface area contributed by atoms with Crippen molar-refractivity contribution in [1.82, 2.24) is 34.5 Å². The third-order valence-corrected chi connectivity index (χ3v) is 5.53. The van der Waals surface area contributed by atoms with E-state index in [1.807, 2.05) is 0 Å². The summed E-state index contributed by atoms with van der Waals surface area (Å²) >= 11 is 0. The number of nitrogen functional groups attached to an aromatic ring is 1. The van der Waals surface area contributed by atoms with E-state index < -0.39 is 17.6 Å². The number of hydrogen-bond donors (Lipinski definition) is 1. The van der Waals surface area contributed by atoms with Gasteiger partial charge in [0, 0.05) is 31.9 Å². The lowest BCUT2D eigenvalue weighted by molar-refractivity contribution is -0.137. The van der Waals surface area contributed by atoms with Crippen LogP contribution in [0.1, 0.15) is 21.7 Å². The van der Waals surface area contributed by atoms with E-state index in [0.717, 1.165) is 12.3 Å². The second-order valence-corrected chi connectivity index (χ2v) is 7.91. The highest BCUT2D eigenvalue weighted by atomic mass is 19.4. The van der Waals surface area contributed by atoms with Gasteiger partial charge in [-0.1, -0.05) is 0 Å². The van der Waals surface area contributed by atoms with Crippen LogP contribution in [0.4, 0.5) is 24.7 Å². The molecule has 178 valence electrons. The Hall–Kier alpha value is -4.55. The number of pyridine rings is 3. The number of nitrogens with zero attached hydrogens (tertiary/aromatic N) is 8. The van der Waals surface area contributed by atoms with Gasteiger partial charge in [0.05, 0.1) is 58.5 Å². The molecule has 0 aliphatic rings. The lowest BCUT2D eigenvalue weighted by Gasteiger charge is -2.21. The molecule has 0 saturated heterocycles. The average molecular weight is 481 g/mol. The summed E-state index contributed by atoms with van der Waals surface area (Å²) in [5.74, 6) is -0.194. The van der Waals surface area contributed by atoms with E-state index in [0.29, 0.717) is 33.3 Å². The van der Waals surface area contributed by atoms with Crippen LogP contribution in [0.5, 0.6) is 0 Å². The number of carbonyl (C=O) groups excluding carboxylic acids is 1. The van der Waals surface area contributed by atoms with E-state index in [4.69, 9.17) is 5.73 Å². The van der Waals surface area contributed by atoms with Gasteiger partial charge in [0.15, 0.2) is 0 Å². The molecule has 0 radical (unpaired) electrons. The van der Waals surface area contributed by atoms with Crippen molar-refractivity contribution >= 4 is 39.2 Å². The van der Waals surface area contributed by atoms with Gasteiger partial charge in [0.2, 0.25) is 0 Å². The zero-order chi connectivity index (χ0) is 24.9. The first kappa shape index (κ1) is 22.3. The van der Waals surface area contributed by atoms with Crippen molar-refractivity contribution in [1.29, 1.82) is 0 Å². The van der Waals surface area contributed by atoms with Crippen molar-refractivity contribution in [3.8, 4) is 0 Å². The fourth-order valence-corrected chi connectivity index (χ4v) is 3.79. The van der Waals surface area contributed by atoms with Gasteiger partial charge in [-0.15, -0.1) is 0 Å². The molecule has 0 aliphatic heterocycles. The summed E-state index contributed by atoms with van der Waals surface area (Å²) in [6.07, 6.45) is 2.37. The Morgan fingerprint density at radius 2 is 1.86 bits per heavy atom. The first-order chi connectivity index (χ1) is 16.6. The quantitative estimate of drug-likeness (QED) is 0.419. The van der Waals surface area contributed by atoms with Gasteiger partial charge in [-0.2, -0.15) is 23.4 Å². The first-order valence-electron chi connectivity index (χ1n) is 10.3. The van der Waals surface area contributed by atoms with E-state index in [-0.39, 0.29) is 17.9 Å². The molecule has 0 atom stereocenters. The van der Waals surface area contributed by atoms with E-state index in [2.05, 4.69) is 25.1 Å². The fraction of sp³-hybridized carbons (Fsp3) is 0.182. The highest BCUT2D eigenvalue weighted by Gasteiger charge is 2.31. The number of aromatic nitrogens is 7. The zero-order valence-corrected chi connectivity index (χ0v) is 18.5. The van der Waals surface area contributed by atoms with Crippen LogP contribution >= 0.6 is 0 Å². The van der Waals surface area contributed by atoms with Crippen LogP contribution < -0.4 is 10.6 Å². The summed E-state index contributed by atoms with van der Waals surface area (Å²) < 4.78 is 41.9. The summed E-state index contributed by atoms with van der Waals surface area (Å²) in [7, 11) is 3.44. The molecule has 5 heterocycles. The van der Waals surface area contributed by atoms with Crippen LogP contribution in [0.15, 0.2) is 49.2 Å². The lowest BCUT2D eigenvalue weighted by atomic mass is 10.1. The molecule has 5 aromatic heterocycles. The molecular formula is C22H18F3N9O. The number of halogens is 3. The third kappa shape index (κ3) is 4.00. The average Bonchev–Trinajstić information content (AvgIpc) is 3.43. The summed E-state index contributed by atoms with van der Waals surface area (Å²) in [6, 6.07) is 3.76. The second-order valence-electron chi connectivity index (χ2n) is 7.91. The Morgan fingerprint density at radius 1 is 1.06 bits per heavy atom. The van der Waals surface area contributed by atoms with Crippen molar-refractivity contribution in [2.24, 2.45) is 14.1 Å². The standard InChI is InChI=1S/C22H18F3N9O/c1-32-11-14(7-29-32)34(10-13-4-3-12(6-27-13)22(23,24)25)21(35)17-5-15-18(9-28-17)31-20(26)16-8-30-33(2)19(15)16/h3-9,11H,10H2,1-2H3,(H2,26,31). The molecule has 0 fully saturated rings. The van der Waals surface area contributed by atoms with Crippen LogP contribution in [0.3, 0.4) is 0 Å². The molecule has 5 rings (SSSR count). The Kier molecular flexibility index (Phi) is 5.11. The Balaban J connectivity index is 1.56. The molecule has 2 N–H and O–H groups in total. The Bertz CT molecular complexity index is 1570. The molecule has 10 nitrogen and oxygen atoms in total. The molecule has 1 amide bonds. The number of amides is 1. The van der Waals surface area contributed by atoms with Gasteiger partial charge in [-0.3, -0.25) is 24.0 Å². The molecule has 0 spiro atoms. The topological polar surface area (TPSA) is 121 Å². The molecular weight excluding hydrogens is 463 g/mol. The largest absolute Gasteiger partial charge is 0.417 e. The van der Waals surface area contributed by atoms with Gasteiger partial charge < -0.3 is 5.73 Å². The first-order valence-corrected chi connectivity index (χ1v) is 10.3. The summed E-state index contributed by atoms with van der Waals surface area (Å²) in [5.41, 5.74) is 7.14. The molecule has 0 bridgehead atoms. The number of alkyl halides is 3. The van der Waals surface area contributed by atoms with Crippen molar-refractivity contribution in [2.75, 3.05) is 10.6 Å². The second kappa shape index (κ2) is 8.04. The number of rotatable bonds is 4. The van der Waals surface area contributed by atoms with E-state index in [1.54, 1.807) is 37.2 Å². The smallest absolute Gasteiger partial charge is 0.383 e. The highest BCUT2D eigenvalue weighted by molar-refractivity contribution is 6.11. The summed E-state index contributed by atoms with van der Waals surface area (Å²) in [6.45, 7) is -0.0938. The van der Waals surface area contributed by atoms with Crippen LogP contribution in [0, 0.1) is 0 Å². The molecule has 5 aromatic rings. The normalized spacial score (nSPS) is 11.9. The maximum absolute atomic E-state index is 13.6. The number of hydrogen-bond acceptors (Lipinski definition) is 7. The van der Waals surface area contributed by atoms with Gasteiger partial charge in [-0.25, -0.2) is 9.97 Å². The Morgan fingerprint density at radius 3 is 2.51 bits per heavy atom. The molecule has 35 heavy (non-hydrogen) atoms. The molecule has 0 unspecified atom stereocenters. The van der Waals surface area contributed by atoms with Crippen molar-refractivity contribution in [2.45, 2.75) is 12.7 Å². The van der Waals surface area contributed by atoms with Crippen molar-refractivity contribution in [3.63, 3.8) is 0 Å². The van der Waals surface area contributed by atoms with Crippen molar-refractivity contribution < 1.29 is 18.0 Å². The molecule has 0 saturated carbocycles. The van der Waals surface area contributed by atoms with Gasteiger partial charge in [0.25, 0.3) is 5.91 Å². The van der Waals surface area contributed by atoms with Crippen LogP contribution in [-0.2, 0) is 26.8 Å². The van der Waals surface area contributed by atoms with Crippen LogP contribution in [-0.4, -0.2) is 40.4 Å².